The molecule has 0 radical (unpaired) electrons. The van der Waals surface area contributed by atoms with Gasteiger partial charge in [0.05, 0.1) is 11.6 Å². The fraction of sp³-hybridized carbons (Fsp3) is 0.312. The van der Waals surface area contributed by atoms with Crippen LogP contribution in [-0.4, -0.2) is 24.0 Å². The van der Waals surface area contributed by atoms with Crippen LogP contribution in [0.25, 0.3) is 0 Å². The van der Waals surface area contributed by atoms with E-state index in [-0.39, 0.29) is 18.4 Å². The lowest BCUT2D eigenvalue weighted by Gasteiger charge is -2.25. The van der Waals surface area contributed by atoms with Crippen molar-refractivity contribution in [2.45, 2.75) is 19.9 Å². The summed E-state index contributed by atoms with van der Waals surface area (Å²) in [5, 5.41) is 2.61. The van der Waals surface area contributed by atoms with Crippen molar-refractivity contribution >= 4 is 41.3 Å². The number of rotatable bonds is 3. The lowest BCUT2D eigenvalue weighted by atomic mass is 10.1. The van der Waals surface area contributed by atoms with Crippen molar-refractivity contribution in [3.05, 3.63) is 50.7 Å². The Hall–Kier alpha value is -1.07. The second kappa shape index (κ2) is 7.47. The minimum atomic E-state index is -0.263. The first-order valence-electron chi connectivity index (χ1n) is 6.87. The second-order valence-electron chi connectivity index (χ2n) is 5.19. The maximum Gasteiger partial charge on any atom is 0.325 e. The molecule has 0 N–H and O–H groups in total. The molecule has 3 nitrogen and oxygen atoms in total. The summed E-state index contributed by atoms with van der Waals surface area (Å²) in [6.45, 7) is 3.89. The van der Waals surface area contributed by atoms with Crippen LogP contribution in [0, 0.1) is 6.92 Å². The van der Waals surface area contributed by atoms with Crippen LogP contribution in [-0.2, 0) is 17.8 Å². The Labute approximate surface area is 145 Å². The summed E-state index contributed by atoms with van der Waals surface area (Å²) >= 11 is 7.94. The van der Waals surface area contributed by atoms with Crippen LogP contribution in [0.5, 0.6) is 5.75 Å². The van der Waals surface area contributed by atoms with Crippen molar-refractivity contribution in [2.24, 2.45) is 0 Å². The van der Waals surface area contributed by atoms with Gasteiger partial charge in [-0.05, 0) is 42.0 Å². The fourth-order valence-corrected chi connectivity index (χ4v) is 3.53. The topological polar surface area (TPSA) is 29.5 Å². The molecule has 0 saturated heterocycles. The molecule has 1 aliphatic rings. The number of benzene rings is 1. The van der Waals surface area contributed by atoms with Crippen LogP contribution in [0.1, 0.15) is 16.0 Å². The molecule has 0 unspecified atom stereocenters. The Morgan fingerprint density at radius 3 is 3.05 bits per heavy atom. The monoisotopic (exact) mass is 357 g/mol. The number of thiophene rings is 1. The number of carbonyl (C=O) groups excluding carboxylic acids is 1. The van der Waals surface area contributed by atoms with Gasteiger partial charge in [-0.3, -0.25) is 9.69 Å². The molecule has 0 bridgehead atoms. The number of carbonyl (C=O) groups is 1. The van der Waals surface area contributed by atoms with Gasteiger partial charge in [0.2, 0.25) is 0 Å². The number of hydrogen-bond donors (Lipinski definition) is 0. The number of ether oxygens (including phenoxy) is 1. The first kappa shape index (κ1) is 17.3. The lowest BCUT2D eigenvalue weighted by Crippen LogP contribution is -2.35. The van der Waals surface area contributed by atoms with Gasteiger partial charge >= 0.3 is 5.97 Å². The Balaban J connectivity index is 0.00000176. The van der Waals surface area contributed by atoms with E-state index in [0.717, 1.165) is 25.1 Å². The van der Waals surface area contributed by atoms with Crippen molar-refractivity contribution in [3.63, 3.8) is 0 Å². The van der Waals surface area contributed by atoms with Crippen LogP contribution in [0.4, 0.5) is 0 Å². The number of nitrogens with zero attached hydrogens (tertiary/aromatic N) is 1. The number of esters is 1. The normalized spacial score (nSPS) is 14.1. The zero-order valence-corrected chi connectivity index (χ0v) is 14.6. The summed E-state index contributed by atoms with van der Waals surface area (Å²) in [5.41, 5.74) is 2.23. The molecule has 6 heteroatoms. The number of fused-ring (bicyclic) bond motifs is 1. The molecular formula is C16H17Cl2NO2S. The average molecular weight is 358 g/mol. The van der Waals surface area contributed by atoms with Gasteiger partial charge < -0.3 is 4.74 Å². The molecular weight excluding hydrogens is 341 g/mol. The van der Waals surface area contributed by atoms with Gasteiger partial charge in [0.25, 0.3) is 0 Å². The zero-order valence-electron chi connectivity index (χ0n) is 12.2. The Morgan fingerprint density at radius 2 is 2.23 bits per heavy atom. The predicted molar refractivity (Wildman–Crippen MR) is 92.4 cm³/mol. The van der Waals surface area contributed by atoms with E-state index in [1.807, 2.05) is 19.1 Å². The van der Waals surface area contributed by atoms with Crippen LogP contribution in [0.2, 0.25) is 5.02 Å². The van der Waals surface area contributed by atoms with Crippen molar-refractivity contribution in [1.82, 2.24) is 4.90 Å². The maximum absolute atomic E-state index is 12.1. The third-order valence-corrected chi connectivity index (χ3v) is 5.13. The van der Waals surface area contributed by atoms with E-state index >= 15 is 0 Å². The van der Waals surface area contributed by atoms with Gasteiger partial charge in [0, 0.05) is 18.0 Å². The molecule has 0 spiro atoms. The highest BCUT2D eigenvalue weighted by atomic mass is 35.5. The molecule has 118 valence electrons. The number of halogens is 2. The largest absolute Gasteiger partial charge is 0.424 e. The second-order valence-corrected chi connectivity index (χ2v) is 6.57. The van der Waals surface area contributed by atoms with Crippen LogP contribution in [0.3, 0.4) is 0 Å². The van der Waals surface area contributed by atoms with E-state index in [0.29, 0.717) is 17.3 Å². The summed E-state index contributed by atoms with van der Waals surface area (Å²) in [6.07, 6.45) is 1.01. The highest BCUT2D eigenvalue weighted by Crippen LogP contribution is 2.28. The van der Waals surface area contributed by atoms with Crippen molar-refractivity contribution in [2.75, 3.05) is 13.1 Å². The third kappa shape index (κ3) is 3.82. The number of hydrogen-bond acceptors (Lipinski definition) is 4. The summed E-state index contributed by atoms with van der Waals surface area (Å²) < 4.78 is 5.39. The lowest BCUT2D eigenvalue weighted by molar-refractivity contribution is -0.135. The van der Waals surface area contributed by atoms with E-state index in [2.05, 4.69) is 16.3 Å². The van der Waals surface area contributed by atoms with Crippen molar-refractivity contribution < 1.29 is 9.53 Å². The molecule has 0 aliphatic carbocycles. The molecule has 1 aromatic heterocycles. The summed E-state index contributed by atoms with van der Waals surface area (Å²) in [4.78, 5) is 15.6. The van der Waals surface area contributed by atoms with Gasteiger partial charge in [-0.25, -0.2) is 0 Å². The third-order valence-electron chi connectivity index (χ3n) is 3.62. The zero-order chi connectivity index (χ0) is 14.8. The minimum absolute atomic E-state index is 0. The van der Waals surface area contributed by atoms with Gasteiger partial charge in [-0.2, -0.15) is 0 Å². The van der Waals surface area contributed by atoms with Gasteiger partial charge in [0.15, 0.2) is 0 Å². The van der Waals surface area contributed by atoms with Gasteiger partial charge in [0.1, 0.15) is 5.75 Å². The highest BCUT2D eigenvalue weighted by molar-refractivity contribution is 7.10. The molecule has 1 aromatic carbocycles. The van der Waals surface area contributed by atoms with Crippen molar-refractivity contribution in [1.29, 1.82) is 0 Å². The Bertz CT molecular complexity index is 672. The van der Waals surface area contributed by atoms with Gasteiger partial charge in [-0.1, -0.05) is 23.7 Å². The van der Waals surface area contributed by atoms with E-state index in [1.165, 1.54) is 10.4 Å². The standard InChI is InChI=1S/C16H16ClNO2S.ClH/c1-11-3-2-4-13(16(11)17)20-15(19)10-18-7-5-14-12(9-18)6-8-21-14;/h2-4,6,8H,5,7,9-10H2,1H3;1H. The van der Waals surface area contributed by atoms with E-state index in [1.54, 1.807) is 17.4 Å². The van der Waals surface area contributed by atoms with E-state index in [9.17, 15) is 4.79 Å². The van der Waals surface area contributed by atoms with E-state index < -0.39 is 0 Å². The Kier molecular flexibility index (Phi) is 5.87. The van der Waals surface area contributed by atoms with E-state index in [4.69, 9.17) is 16.3 Å². The molecule has 1 aliphatic heterocycles. The molecule has 2 heterocycles. The molecule has 0 saturated carbocycles. The summed E-state index contributed by atoms with van der Waals surface area (Å²) in [5.74, 6) is 0.177. The molecule has 0 atom stereocenters. The average Bonchev–Trinajstić information content (AvgIpc) is 2.91. The quantitative estimate of drug-likeness (QED) is 0.611. The summed E-state index contributed by atoms with van der Waals surface area (Å²) in [6, 6.07) is 7.58. The summed E-state index contributed by atoms with van der Waals surface area (Å²) in [7, 11) is 0. The van der Waals surface area contributed by atoms with Crippen LogP contribution in [0.15, 0.2) is 29.6 Å². The molecule has 22 heavy (non-hydrogen) atoms. The minimum Gasteiger partial charge on any atom is -0.424 e. The SMILES string of the molecule is Cc1cccc(OC(=O)CN2CCc3sccc3C2)c1Cl.Cl. The van der Waals surface area contributed by atoms with Crippen LogP contribution < -0.4 is 4.74 Å². The fourth-order valence-electron chi connectivity index (χ4n) is 2.48. The van der Waals surface area contributed by atoms with Crippen molar-refractivity contribution in [3.8, 4) is 5.75 Å². The smallest absolute Gasteiger partial charge is 0.325 e. The van der Waals surface area contributed by atoms with Gasteiger partial charge in [-0.15, -0.1) is 23.7 Å². The first-order chi connectivity index (χ1) is 10.1. The number of aryl methyl sites for hydroxylation is 1. The molecule has 0 fully saturated rings. The molecule has 3 rings (SSSR count). The highest BCUT2D eigenvalue weighted by Gasteiger charge is 2.20. The predicted octanol–water partition coefficient (Wildman–Crippen LogP) is 4.10. The van der Waals surface area contributed by atoms with Crippen LogP contribution >= 0.6 is 35.3 Å². The first-order valence-corrected chi connectivity index (χ1v) is 8.12. The molecule has 2 aromatic rings. The Morgan fingerprint density at radius 1 is 1.41 bits per heavy atom. The molecule has 0 amide bonds. The maximum atomic E-state index is 12.1.